The Hall–Kier alpha value is -2.64. The average Bonchev–Trinajstić information content (AvgIpc) is 3.40. The van der Waals surface area contributed by atoms with E-state index in [2.05, 4.69) is 38.0 Å². The summed E-state index contributed by atoms with van der Waals surface area (Å²) in [7, 11) is 0. The number of carbonyl (C=O) groups is 2. The lowest BCUT2D eigenvalue weighted by Gasteiger charge is -2.18. The molecule has 3 aliphatic rings. The van der Waals surface area contributed by atoms with Crippen LogP contribution >= 0.6 is 0 Å². The van der Waals surface area contributed by atoms with Crippen molar-refractivity contribution in [1.82, 2.24) is 25.7 Å². The van der Waals surface area contributed by atoms with Crippen molar-refractivity contribution in [1.29, 1.82) is 0 Å². The number of nitrogens with zero attached hydrogens (tertiary/aromatic N) is 3. The van der Waals surface area contributed by atoms with Gasteiger partial charge in [-0.1, -0.05) is 12.2 Å². The van der Waals surface area contributed by atoms with Gasteiger partial charge in [0.15, 0.2) is 5.96 Å². The molecule has 1 saturated carbocycles. The fraction of sp³-hybridized carbons (Fsp3) is 0.556. The summed E-state index contributed by atoms with van der Waals surface area (Å²) < 4.78 is 0. The first-order valence-corrected chi connectivity index (χ1v) is 9.23. The molecule has 0 spiro atoms. The molecule has 0 aromatic carbocycles. The number of amides is 2. The number of guanidine groups is 1. The highest BCUT2D eigenvalue weighted by atomic mass is 16.2. The summed E-state index contributed by atoms with van der Waals surface area (Å²) in [6.45, 7) is 4.06. The zero-order chi connectivity index (χ0) is 18.1. The van der Waals surface area contributed by atoms with Gasteiger partial charge in [0.1, 0.15) is 0 Å². The molecule has 1 aromatic heterocycles. The molecule has 2 aliphatic carbocycles. The SMILES string of the molecule is CCNC(=NCc1ccn[nH]1)NCCN1C(=O)C2C3C=CC(C3)C2C1=O. The summed E-state index contributed by atoms with van der Waals surface area (Å²) in [5.74, 6) is 0.916. The van der Waals surface area contributed by atoms with E-state index in [4.69, 9.17) is 0 Å². The second kappa shape index (κ2) is 6.93. The van der Waals surface area contributed by atoms with Crippen molar-refractivity contribution in [3.05, 3.63) is 30.1 Å². The quantitative estimate of drug-likeness (QED) is 0.294. The molecule has 1 aliphatic heterocycles. The lowest BCUT2D eigenvalue weighted by atomic mass is 9.85. The Labute approximate surface area is 152 Å². The molecule has 26 heavy (non-hydrogen) atoms. The predicted octanol–water partition coefficient (Wildman–Crippen LogP) is 0.272. The van der Waals surface area contributed by atoms with Gasteiger partial charge in [0, 0.05) is 25.8 Å². The molecule has 4 rings (SSSR count). The van der Waals surface area contributed by atoms with E-state index in [0.29, 0.717) is 25.6 Å². The van der Waals surface area contributed by atoms with Crippen LogP contribution in [0.25, 0.3) is 0 Å². The van der Waals surface area contributed by atoms with Crippen molar-refractivity contribution in [2.24, 2.45) is 28.7 Å². The van der Waals surface area contributed by atoms with Crippen LogP contribution in [0.15, 0.2) is 29.4 Å². The average molecular weight is 356 g/mol. The Morgan fingerprint density at radius 3 is 2.62 bits per heavy atom. The van der Waals surface area contributed by atoms with E-state index in [9.17, 15) is 9.59 Å². The molecule has 2 bridgehead atoms. The first-order chi connectivity index (χ1) is 12.7. The molecule has 8 heteroatoms. The van der Waals surface area contributed by atoms with Crippen molar-refractivity contribution in [2.75, 3.05) is 19.6 Å². The van der Waals surface area contributed by atoms with Crippen molar-refractivity contribution in [3.63, 3.8) is 0 Å². The molecule has 1 aromatic rings. The molecule has 8 nitrogen and oxygen atoms in total. The van der Waals surface area contributed by atoms with Crippen molar-refractivity contribution in [3.8, 4) is 0 Å². The number of likely N-dealkylation sites (tertiary alicyclic amines) is 1. The van der Waals surface area contributed by atoms with E-state index < -0.39 is 0 Å². The number of fused-ring (bicyclic) bond motifs is 5. The van der Waals surface area contributed by atoms with Gasteiger partial charge in [-0.2, -0.15) is 5.10 Å². The third kappa shape index (κ3) is 2.89. The van der Waals surface area contributed by atoms with Crippen LogP contribution in [0, 0.1) is 23.7 Å². The van der Waals surface area contributed by atoms with Crippen LogP contribution in [0.5, 0.6) is 0 Å². The summed E-state index contributed by atoms with van der Waals surface area (Å²) >= 11 is 0. The maximum atomic E-state index is 12.7. The Morgan fingerprint density at radius 2 is 2.00 bits per heavy atom. The Bertz CT molecular complexity index is 711. The van der Waals surface area contributed by atoms with Gasteiger partial charge in [-0.05, 0) is 31.2 Å². The van der Waals surface area contributed by atoms with Crippen LogP contribution in [0.1, 0.15) is 19.0 Å². The minimum absolute atomic E-state index is 0.00181. The number of allylic oxidation sites excluding steroid dienone is 2. The molecule has 2 heterocycles. The van der Waals surface area contributed by atoms with Gasteiger partial charge in [-0.25, -0.2) is 4.99 Å². The number of aliphatic imine (C=N–C) groups is 1. The van der Waals surface area contributed by atoms with Crippen LogP contribution in [0.4, 0.5) is 0 Å². The smallest absolute Gasteiger partial charge is 0.233 e. The second-order valence-electron chi connectivity index (χ2n) is 7.03. The third-order valence-corrected chi connectivity index (χ3v) is 5.50. The number of rotatable bonds is 6. The molecule has 4 atom stereocenters. The van der Waals surface area contributed by atoms with Gasteiger partial charge >= 0.3 is 0 Å². The van der Waals surface area contributed by atoms with E-state index in [1.165, 1.54) is 4.90 Å². The van der Waals surface area contributed by atoms with E-state index >= 15 is 0 Å². The molecule has 2 fully saturated rings. The van der Waals surface area contributed by atoms with E-state index in [0.717, 1.165) is 18.7 Å². The lowest BCUT2D eigenvalue weighted by Crippen LogP contribution is -2.43. The van der Waals surface area contributed by atoms with Crippen molar-refractivity contribution in [2.45, 2.75) is 19.9 Å². The molecule has 2 amide bonds. The van der Waals surface area contributed by atoms with E-state index in [-0.39, 0.29) is 35.5 Å². The number of H-pyrrole nitrogens is 1. The third-order valence-electron chi connectivity index (χ3n) is 5.50. The molecule has 3 N–H and O–H groups in total. The molecular formula is C18H24N6O2. The highest BCUT2D eigenvalue weighted by Crippen LogP contribution is 2.52. The number of imide groups is 1. The lowest BCUT2D eigenvalue weighted by molar-refractivity contribution is -0.140. The zero-order valence-electron chi connectivity index (χ0n) is 14.8. The fourth-order valence-electron chi connectivity index (χ4n) is 4.35. The van der Waals surface area contributed by atoms with Gasteiger partial charge < -0.3 is 10.6 Å². The van der Waals surface area contributed by atoms with Gasteiger partial charge in [-0.3, -0.25) is 19.6 Å². The molecule has 0 radical (unpaired) electrons. The molecule has 1 saturated heterocycles. The summed E-state index contributed by atoms with van der Waals surface area (Å²) in [6.07, 6.45) is 6.88. The molecular weight excluding hydrogens is 332 g/mol. The maximum Gasteiger partial charge on any atom is 0.233 e. The van der Waals surface area contributed by atoms with Crippen molar-refractivity contribution >= 4 is 17.8 Å². The normalized spacial score (nSPS) is 29.6. The van der Waals surface area contributed by atoms with Crippen LogP contribution in [0.2, 0.25) is 0 Å². The number of hydrogen-bond acceptors (Lipinski definition) is 4. The van der Waals surface area contributed by atoms with Gasteiger partial charge in [0.2, 0.25) is 11.8 Å². The number of aromatic amines is 1. The van der Waals surface area contributed by atoms with Crippen molar-refractivity contribution < 1.29 is 9.59 Å². The fourth-order valence-corrected chi connectivity index (χ4v) is 4.35. The Balaban J connectivity index is 1.33. The monoisotopic (exact) mass is 356 g/mol. The van der Waals surface area contributed by atoms with E-state index in [1.807, 2.05) is 13.0 Å². The number of aromatic nitrogens is 2. The minimum atomic E-state index is -0.125. The zero-order valence-corrected chi connectivity index (χ0v) is 14.8. The number of nitrogens with one attached hydrogen (secondary N) is 3. The summed E-state index contributed by atoms with van der Waals surface area (Å²) in [5, 5.41) is 13.1. The van der Waals surface area contributed by atoms with Gasteiger partial charge in [-0.15, -0.1) is 0 Å². The minimum Gasteiger partial charge on any atom is -0.357 e. The topological polar surface area (TPSA) is 102 Å². The largest absolute Gasteiger partial charge is 0.357 e. The highest BCUT2D eigenvalue weighted by molar-refractivity contribution is 6.06. The van der Waals surface area contributed by atoms with Crippen LogP contribution in [-0.2, 0) is 16.1 Å². The Morgan fingerprint density at radius 1 is 1.27 bits per heavy atom. The molecule has 138 valence electrons. The predicted molar refractivity (Wildman–Crippen MR) is 95.8 cm³/mol. The Kier molecular flexibility index (Phi) is 4.48. The molecule has 4 unspecified atom stereocenters. The number of hydrogen-bond donors (Lipinski definition) is 3. The first kappa shape index (κ1) is 16.8. The summed E-state index contributed by atoms with van der Waals surface area (Å²) in [6, 6.07) is 1.87. The highest BCUT2D eigenvalue weighted by Gasteiger charge is 2.58. The summed E-state index contributed by atoms with van der Waals surface area (Å²) in [4.78, 5) is 31.2. The standard InChI is InChI=1S/C18H24N6O2/c1-2-19-18(21-10-13-5-6-22-23-13)20-7-8-24-16(25)14-11-3-4-12(9-11)15(14)17(24)26/h3-6,11-12,14-15H,2,7-10H2,1H3,(H,22,23)(H2,19,20,21). The maximum absolute atomic E-state index is 12.7. The first-order valence-electron chi connectivity index (χ1n) is 9.23. The van der Waals surface area contributed by atoms with Gasteiger partial charge in [0.25, 0.3) is 0 Å². The summed E-state index contributed by atoms with van der Waals surface area (Å²) in [5.41, 5.74) is 0.919. The van der Waals surface area contributed by atoms with Crippen LogP contribution < -0.4 is 10.6 Å². The number of carbonyl (C=O) groups excluding carboxylic acids is 2. The second-order valence-corrected chi connectivity index (χ2v) is 7.03. The van der Waals surface area contributed by atoms with Gasteiger partial charge in [0.05, 0.1) is 24.1 Å². The van der Waals surface area contributed by atoms with Crippen LogP contribution in [-0.4, -0.2) is 52.5 Å². The van der Waals surface area contributed by atoms with Crippen LogP contribution in [0.3, 0.4) is 0 Å². The van der Waals surface area contributed by atoms with E-state index in [1.54, 1.807) is 6.20 Å².